The topological polar surface area (TPSA) is 48.2 Å². The Kier molecular flexibility index (Phi) is 3.28. The van der Waals surface area contributed by atoms with Gasteiger partial charge in [0.25, 0.3) is 5.89 Å². The van der Waals surface area contributed by atoms with E-state index in [0.717, 1.165) is 0 Å². The Labute approximate surface area is 102 Å². The van der Waals surface area contributed by atoms with Crippen molar-refractivity contribution >= 4 is 11.6 Å². The van der Waals surface area contributed by atoms with Crippen LogP contribution in [0.15, 0.2) is 22.7 Å². The molecule has 2 aromatic rings. The molecule has 0 unspecified atom stereocenters. The van der Waals surface area contributed by atoms with Crippen molar-refractivity contribution in [2.75, 3.05) is 0 Å². The summed E-state index contributed by atoms with van der Waals surface area (Å²) in [4.78, 5) is 4.04. The molecule has 1 heterocycles. The zero-order chi connectivity index (χ0) is 12.4. The number of aryl methyl sites for hydroxylation is 1. The van der Waals surface area contributed by atoms with Crippen molar-refractivity contribution in [2.24, 2.45) is 0 Å². The molecule has 1 aromatic carbocycles. The van der Waals surface area contributed by atoms with E-state index >= 15 is 0 Å². The van der Waals surface area contributed by atoms with Gasteiger partial charge in [-0.15, -0.1) is 0 Å². The molecule has 0 bridgehead atoms. The molecule has 90 valence electrons. The van der Waals surface area contributed by atoms with Crippen molar-refractivity contribution < 1.29 is 13.7 Å². The summed E-state index contributed by atoms with van der Waals surface area (Å²) in [6.45, 7) is 3.47. The van der Waals surface area contributed by atoms with Gasteiger partial charge in [0.2, 0.25) is 0 Å². The van der Waals surface area contributed by atoms with Crippen LogP contribution in [0.2, 0.25) is 5.02 Å². The van der Waals surface area contributed by atoms with Crippen LogP contribution in [0, 0.1) is 12.7 Å². The second kappa shape index (κ2) is 4.71. The number of rotatable bonds is 3. The molecule has 0 radical (unpaired) electrons. The van der Waals surface area contributed by atoms with E-state index in [4.69, 9.17) is 20.9 Å². The summed E-state index contributed by atoms with van der Waals surface area (Å²) >= 11 is 5.64. The van der Waals surface area contributed by atoms with Crippen LogP contribution in [0.4, 0.5) is 4.39 Å². The van der Waals surface area contributed by atoms with Crippen LogP contribution in [0.3, 0.4) is 0 Å². The number of halogens is 2. The van der Waals surface area contributed by atoms with Crippen LogP contribution >= 0.6 is 11.6 Å². The van der Waals surface area contributed by atoms with E-state index in [1.165, 1.54) is 18.2 Å². The van der Waals surface area contributed by atoms with Crippen molar-refractivity contribution in [3.63, 3.8) is 0 Å². The molecule has 0 aliphatic rings. The Morgan fingerprint density at radius 1 is 1.47 bits per heavy atom. The summed E-state index contributed by atoms with van der Waals surface area (Å²) in [7, 11) is 0. The Balaban J connectivity index is 2.12. The van der Waals surface area contributed by atoms with Crippen molar-refractivity contribution in [3.8, 4) is 5.75 Å². The highest BCUT2D eigenvalue weighted by Crippen LogP contribution is 2.25. The zero-order valence-electron chi connectivity index (χ0n) is 9.28. The van der Waals surface area contributed by atoms with Gasteiger partial charge < -0.3 is 9.26 Å². The lowest BCUT2D eigenvalue weighted by atomic mass is 10.3. The monoisotopic (exact) mass is 256 g/mol. The minimum atomic E-state index is -0.486. The Morgan fingerprint density at radius 3 is 2.82 bits per heavy atom. The minimum Gasteiger partial charge on any atom is -0.481 e. The maximum atomic E-state index is 12.9. The second-order valence-corrected chi connectivity index (χ2v) is 3.92. The van der Waals surface area contributed by atoms with E-state index in [-0.39, 0.29) is 5.02 Å². The van der Waals surface area contributed by atoms with Gasteiger partial charge in [-0.2, -0.15) is 4.98 Å². The molecule has 0 aliphatic carbocycles. The average Bonchev–Trinajstić information content (AvgIpc) is 2.70. The minimum absolute atomic E-state index is 0.0106. The summed E-state index contributed by atoms with van der Waals surface area (Å²) in [5, 5.41) is 3.67. The molecule has 0 fully saturated rings. The lowest BCUT2D eigenvalue weighted by Gasteiger charge is -2.10. The molecular weight excluding hydrogens is 247 g/mol. The fraction of sp³-hybridized carbons (Fsp3) is 0.273. The summed E-state index contributed by atoms with van der Waals surface area (Å²) in [5.74, 6) is 0.857. The standard InChI is InChI=1S/C11H10ClFN2O2/c1-6(11-14-7(2)15-17-11)16-8-3-4-10(13)9(12)5-8/h3-6H,1-2H3/t6-/m0/s1. The third kappa shape index (κ3) is 2.74. The molecule has 0 aliphatic heterocycles. The number of nitrogens with zero attached hydrogens (tertiary/aromatic N) is 2. The number of ether oxygens (including phenoxy) is 1. The third-order valence-electron chi connectivity index (χ3n) is 2.09. The van der Waals surface area contributed by atoms with Crippen LogP contribution < -0.4 is 4.74 Å². The first-order valence-electron chi connectivity index (χ1n) is 4.98. The van der Waals surface area contributed by atoms with Crippen molar-refractivity contribution in [2.45, 2.75) is 20.0 Å². The van der Waals surface area contributed by atoms with Gasteiger partial charge in [0.1, 0.15) is 11.6 Å². The van der Waals surface area contributed by atoms with Crippen molar-refractivity contribution in [3.05, 3.63) is 40.8 Å². The Morgan fingerprint density at radius 2 is 2.24 bits per heavy atom. The Hall–Kier alpha value is -1.62. The molecule has 0 N–H and O–H groups in total. The largest absolute Gasteiger partial charge is 0.481 e. The van der Waals surface area contributed by atoms with E-state index in [2.05, 4.69) is 10.1 Å². The fourth-order valence-electron chi connectivity index (χ4n) is 1.28. The predicted octanol–water partition coefficient (Wildman–Crippen LogP) is 3.31. The van der Waals surface area contributed by atoms with E-state index in [0.29, 0.717) is 17.5 Å². The van der Waals surface area contributed by atoms with Gasteiger partial charge in [0, 0.05) is 6.07 Å². The number of benzene rings is 1. The van der Waals surface area contributed by atoms with E-state index in [1.54, 1.807) is 13.8 Å². The predicted molar refractivity (Wildman–Crippen MR) is 59.5 cm³/mol. The van der Waals surface area contributed by atoms with Gasteiger partial charge >= 0.3 is 0 Å². The second-order valence-electron chi connectivity index (χ2n) is 3.52. The van der Waals surface area contributed by atoms with E-state index in [1.807, 2.05) is 0 Å². The molecule has 1 aromatic heterocycles. The first kappa shape index (κ1) is 11.9. The van der Waals surface area contributed by atoms with Gasteiger partial charge in [0.15, 0.2) is 11.9 Å². The van der Waals surface area contributed by atoms with Gasteiger partial charge in [-0.05, 0) is 26.0 Å². The first-order valence-corrected chi connectivity index (χ1v) is 5.36. The maximum Gasteiger partial charge on any atom is 0.267 e. The van der Waals surface area contributed by atoms with Gasteiger partial charge in [0.05, 0.1) is 5.02 Å². The summed E-state index contributed by atoms with van der Waals surface area (Å²) in [6, 6.07) is 4.13. The molecule has 0 amide bonds. The molecular formula is C11H10ClFN2O2. The fourth-order valence-corrected chi connectivity index (χ4v) is 1.45. The SMILES string of the molecule is Cc1noc([C@H](C)Oc2ccc(F)c(Cl)c2)n1. The van der Waals surface area contributed by atoms with Gasteiger partial charge in [-0.25, -0.2) is 4.39 Å². The van der Waals surface area contributed by atoms with E-state index in [9.17, 15) is 4.39 Å². The molecule has 1 atom stereocenters. The summed E-state index contributed by atoms with van der Waals surface area (Å²) in [5.41, 5.74) is 0. The highest BCUT2D eigenvalue weighted by atomic mass is 35.5. The average molecular weight is 257 g/mol. The molecule has 17 heavy (non-hydrogen) atoms. The van der Waals surface area contributed by atoms with Crippen LogP contribution in [-0.4, -0.2) is 10.1 Å². The zero-order valence-corrected chi connectivity index (χ0v) is 10.0. The third-order valence-corrected chi connectivity index (χ3v) is 2.38. The van der Waals surface area contributed by atoms with Crippen molar-refractivity contribution in [1.82, 2.24) is 10.1 Å². The molecule has 2 rings (SSSR count). The van der Waals surface area contributed by atoms with Gasteiger partial charge in [-0.3, -0.25) is 0 Å². The lowest BCUT2D eigenvalue weighted by molar-refractivity contribution is 0.175. The molecule has 0 saturated carbocycles. The molecule has 0 spiro atoms. The van der Waals surface area contributed by atoms with Crippen LogP contribution in [0.25, 0.3) is 0 Å². The van der Waals surface area contributed by atoms with Crippen LogP contribution in [0.1, 0.15) is 24.7 Å². The number of aromatic nitrogens is 2. The smallest absolute Gasteiger partial charge is 0.267 e. The summed E-state index contributed by atoms with van der Waals surface area (Å²) in [6.07, 6.45) is -0.419. The van der Waals surface area contributed by atoms with Crippen LogP contribution in [0.5, 0.6) is 5.75 Å². The Bertz CT molecular complexity index is 530. The first-order chi connectivity index (χ1) is 8.06. The highest BCUT2D eigenvalue weighted by molar-refractivity contribution is 6.30. The van der Waals surface area contributed by atoms with Gasteiger partial charge in [-0.1, -0.05) is 16.8 Å². The molecule has 0 saturated heterocycles. The maximum absolute atomic E-state index is 12.9. The van der Waals surface area contributed by atoms with Crippen LogP contribution in [-0.2, 0) is 0 Å². The molecule has 4 nitrogen and oxygen atoms in total. The quantitative estimate of drug-likeness (QED) is 0.845. The lowest BCUT2D eigenvalue weighted by Crippen LogP contribution is -2.03. The number of hydrogen-bond donors (Lipinski definition) is 0. The molecule has 6 heteroatoms. The van der Waals surface area contributed by atoms with E-state index < -0.39 is 11.9 Å². The highest BCUT2D eigenvalue weighted by Gasteiger charge is 2.15. The summed E-state index contributed by atoms with van der Waals surface area (Å²) < 4.78 is 23.4. The van der Waals surface area contributed by atoms with Crippen molar-refractivity contribution in [1.29, 1.82) is 0 Å². The number of hydrogen-bond acceptors (Lipinski definition) is 4. The normalized spacial score (nSPS) is 12.5.